The van der Waals surface area contributed by atoms with Crippen LogP contribution >= 0.6 is 0 Å². The second-order valence-corrected chi connectivity index (χ2v) is 8.31. The molecule has 0 fully saturated rings. The first kappa shape index (κ1) is 22.6. The molecule has 0 saturated carbocycles. The molecule has 8 heteroatoms. The van der Waals surface area contributed by atoms with Gasteiger partial charge in [-0.3, -0.25) is 9.63 Å². The van der Waals surface area contributed by atoms with Crippen molar-refractivity contribution in [1.82, 2.24) is 9.79 Å². The molecule has 2 aromatic carbocycles. The summed E-state index contributed by atoms with van der Waals surface area (Å²) < 4.78 is 28.2. The predicted molar refractivity (Wildman–Crippen MR) is 109 cm³/mol. The number of sulfonamides is 1. The van der Waals surface area contributed by atoms with Crippen LogP contribution in [0.3, 0.4) is 0 Å². The van der Waals surface area contributed by atoms with Crippen LogP contribution in [0.2, 0.25) is 0 Å². The highest BCUT2D eigenvalue weighted by molar-refractivity contribution is 7.89. The van der Waals surface area contributed by atoms with E-state index in [0.717, 1.165) is 23.5 Å². The van der Waals surface area contributed by atoms with E-state index in [9.17, 15) is 13.2 Å². The maximum Gasteiger partial charge on any atom is 0.264 e. The van der Waals surface area contributed by atoms with E-state index in [-0.39, 0.29) is 11.3 Å². The molecule has 0 aromatic heterocycles. The predicted octanol–water partition coefficient (Wildman–Crippen LogP) is 2.42. The van der Waals surface area contributed by atoms with E-state index in [1.54, 1.807) is 36.4 Å². The maximum atomic E-state index is 12.9. The number of nitrogens with zero attached hydrogens (tertiary/aromatic N) is 2. The third kappa shape index (κ3) is 6.12. The standard InChI is InChI=1S/C21H25N3O4S/c1-4-5-16-10-12-19(13-11-16)29(26,27)23-20(21(25)24(2)28-3)14-17-6-8-18(15-22)9-7-17/h6-13,20,23H,4-5,14H2,1-3H3/t20-/m0/s1. The number of carbonyl (C=O) groups is 1. The van der Waals surface area contributed by atoms with Gasteiger partial charge in [0.2, 0.25) is 10.0 Å². The number of benzene rings is 2. The van der Waals surface area contributed by atoms with Gasteiger partial charge in [0.25, 0.3) is 5.91 Å². The summed E-state index contributed by atoms with van der Waals surface area (Å²) in [6.07, 6.45) is 1.95. The van der Waals surface area contributed by atoms with Crippen LogP contribution in [0.4, 0.5) is 0 Å². The number of nitrogens with one attached hydrogen (secondary N) is 1. The van der Waals surface area contributed by atoms with Crippen molar-refractivity contribution in [2.45, 2.75) is 37.1 Å². The molecule has 2 rings (SSSR count). The van der Waals surface area contributed by atoms with E-state index >= 15 is 0 Å². The Kier molecular flexibility index (Phi) is 7.91. The normalized spacial score (nSPS) is 12.2. The molecule has 1 atom stereocenters. The van der Waals surface area contributed by atoms with Crippen molar-refractivity contribution in [2.75, 3.05) is 14.2 Å². The largest absolute Gasteiger partial charge is 0.275 e. The molecule has 0 radical (unpaired) electrons. The second kappa shape index (κ2) is 10.2. The van der Waals surface area contributed by atoms with Crippen molar-refractivity contribution in [3.8, 4) is 6.07 Å². The first-order valence-electron chi connectivity index (χ1n) is 9.22. The Bertz CT molecular complexity index is 964. The third-order valence-electron chi connectivity index (χ3n) is 4.47. The Morgan fingerprint density at radius 3 is 2.24 bits per heavy atom. The Morgan fingerprint density at radius 2 is 1.72 bits per heavy atom. The van der Waals surface area contributed by atoms with Gasteiger partial charge in [0.05, 0.1) is 23.6 Å². The number of hydroxylamine groups is 2. The van der Waals surface area contributed by atoms with Crippen molar-refractivity contribution in [3.05, 3.63) is 65.2 Å². The van der Waals surface area contributed by atoms with Crippen LogP contribution in [-0.2, 0) is 32.5 Å². The quantitative estimate of drug-likeness (QED) is 0.634. The van der Waals surface area contributed by atoms with Gasteiger partial charge in [-0.15, -0.1) is 0 Å². The van der Waals surface area contributed by atoms with Crippen LogP contribution in [0, 0.1) is 11.3 Å². The van der Waals surface area contributed by atoms with Gasteiger partial charge in [0.15, 0.2) is 0 Å². The highest BCUT2D eigenvalue weighted by Gasteiger charge is 2.28. The average molecular weight is 416 g/mol. The molecule has 0 unspecified atom stereocenters. The third-order valence-corrected chi connectivity index (χ3v) is 5.96. The number of likely N-dealkylation sites (N-methyl/N-ethyl adjacent to an activating group) is 1. The molecule has 0 aliphatic carbocycles. The Morgan fingerprint density at radius 1 is 1.14 bits per heavy atom. The van der Waals surface area contributed by atoms with E-state index in [1.807, 2.05) is 6.07 Å². The molecule has 0 aliphatic rings. The zero-order valence-corrected chi connectivity index (χ0v) is 17.6. The monoisotopic (exact) mass is 415 g/mol. The second-order valence-electron chi connectivity index (χ2n) is 6.60. The van der Waals surface area contributed by atoms with Crippen molar-refractivity contribution in [1.29, 1.82) is 5.26 Å². The van der Waals surface area contributed by atoms with Crippen LogP contribution < -0.4 is 4.72 Å². The summed E-state index contributed by atoms with van der Waals surface area (Å²) in [5.74, 6) is -0.525. The molecular weight excluding hydrogens is 390 g/mol. The zero-order chi connectivity index (χ0) is 21.4. The van der Waals surface area contributed by atoms with Gasteiger partial charge in [-0.1, -0.05) is 37.6 Å². The summed E-state index contributed by atoms with van der Waals surface area (Å²) >= 11 is 0. The number of hydrogen-bond donors (Lipinski definition) is 1. The van der Waals surface area contributed by atoms with Crippen LogP contribution in [0.15, 0.2) is 53.4 Å². The molecule has 154 valence electrons. The summed E-state index contributed by atoms with van der Waals surface area (Å²) in [6.45, 7) is 2.05. The number of amides is 1. The number of aryl methyl sites for hydroxylation is 1. The molecule has 0 aliphatic heterocycles. The summed E-state index contributed by atoms with van der Waals surface area (Å²) in [5.41, 5.74) is 2.25. The first-order chi connectivity index (χ1) is 13.8. The molecule has 7 nitrogen and oxygen atoms in total. The van der Waals surface area contributed by atoms with Crippen LogP contribution in [-0.4, -0.2) is 39.6 Å². The summed E-state index contributed by atoms with van der Waals surface area (Å²) in [4.78, 5) is 17.7. The molecule has 0 spiro atoms. The zero-order valence-electron chi connectivity index (χ0n) is 16.8. The lowest BCUT2D eigenvalue weighted by Crippen LogP contribution is -2.48. The Labute approximate surface area is 171 Å². The van der Waals surface area contributed by atoms with Gasteiger partial charge < -0.3 is 0 Å². The molecule has 1 N–H and O–H groups in total. The van der Waals surface area contributed by atoms with E-state index in [2.05, 4.69) is 11.6 Å². The van der Waals surface area contributed by atoms with Gasteiger partial charge in [-0.05, 0) is 48.2 Å². The van der Waals surface area contributed by atoms with Gasteiger partial charge in [0.1, 0.15) is 6.04 Å². The highest BCUT2D eigenvalue weighted by atomic mass is 32.2. The van der Waals surface area contributed by atoms with Crippen molar-refractivity contribution < 1.29 is 18.0 Å². The fraction of sp³-hybridized carbons (Fsp3) is 0.333. The number of rotatable bonds is 9. The lowest BCUT2D eigenvalue weighted by Gasteiger charge is -2.23. The fourth-order valence-corrected chi connectivity index (χ4v) is 4.01. The minimum absolute atomic E-state index is 0.0926. The van der Waals surface area contributed by atoms with E-state index in [0.29, 0.717) is 11.1 Å². The molecule has 29 heavy (non-hydrogen) atoms. The lowest BCUT2D eigenvalue weighted by molar-refractivity contribution is -0.170. The maximum absolute atomic E-state index is 12.9. The van der Waals surface area contributed by atoms with E-state index < -0.39 is 22.0 Å². The highest BCUT2D eigenvalue weighted by Crippen LogP contribution is 2.15. The van der Waals surface area contributed by atoms with E-state index in [1.165, 1.54) is 26.3 Å². The summed E-state index contributed by atoms with van der Waals surface area (Å²) in [5, 5.41) is 9.90. The number of nitriles is 1. The molecule has 2 aromatic rings. The van der Waals surface area contributed by atoms with Gasteiger partial charge in [0, 0.05) is 7.05 Å². The number of carbonyl (C=O) groups excluding carboxylic acids is 1. The van der Waals surface area contributed by atoms with E-state index in [4.69, 9.17) is 10.1 Å². The molecular formula is C21H25N3O4S. The molecule has 0 heterocycles. The SMILES string of the molecule is CCCc1ccc(S(=O)(=O)N[C@@H](Cc2ccc(C#N)cc2)C(=O)N(C)OC)cc1. The number of hydrogen-bond acceptors (Lipinski definition) is 5. The first-order valence-corrected chi connectivity index (χ1v) is 10.7. The van der Waals surface area contributed by atoms with Crippen LogP contribution in [0.25, 0.3) is 0 Å². The lowest BCUT2D eigenvalue weighted by atomic mass is 10.0. The fourth-order valence-electron chi connectivity index (χ4n) is 2.82. The van der Waals surface area contributed by atoms with Gasteiger partial charge in [-0.2, -0.15) is 9.98 Å². The topological polar surface area (TPSA) is 99.5 Å². The molecule has 0 bridgehead atoms. The van der Waals surface area contributed by atoms with Crippen LogP contribution in [0.5, 0.6) is 0 Å². The smallest absolute Gasteiger partial charge is 0.264 e. The summed E-state index contributed by atoms with van der Waals surface area (Å²) in [7, 11) is -1.17. The van der Waals surface area contributed by atoms with Crippen LogP contribution in [0.1, 0.15) is 30.0 Å². The van der Waals surface area contributed by atoms with Crippen molar-refractivity contribution in [2.24, 2.45) is 0 Å². The average Bonchev–Trinajstić information content (AvgIpc) is 2.73. The summed E-state index contributed by atoms with van der Waals surface area (Å²) in [6, 6.07) is 14.2. The minimum atomic E-state index is -3.92. The minimum Gasteiger partial charge on any atom is -0.275 e. The van der Waals surface area contributed by atoms with Crippen molar-refractivity contribution in [3.63, 3.8) is 0 Å². The molecule has 1 amide bonds. The van der Waals surface area contributed by atoms with Gasteiger partial charge >= 0.3 is 0 Å². The molecule has 0 saturated heterocycles. The Balaban J connectivity index is 2.27. The Hall–Kier alpha value is -2.73. The van der Waals surface area contributed by atoms with Crippen molar-refractivity contribution >= 4 is 15.9 Å². The van der Waals surface area contributed by atoms with Gasteiger partial charge in [-0.25, -0.2) is 13.5 Å².